The minimum absolute atomic E-state index is 0.117. The molecule has 1 aromatic carbocycles. The fourth-order valence-electron chi connectivity index (χ4n) is 1.75. The van der Waals surface area contributed by atoms with Gasteiger partial charge in [-0.2, -0.15) is 0 Å². The second-order valence-electron chi connectivity index (χ2n) is 4.34. The zero-order chi connectivity index (χ0) is 15.8. The first kappa shape index (κ1) is 16.9. The second kappa shape index (κ2) is 8.23. The fraction of sp³-hybridized carbons (Fsp3) is 0.429. The molecule has 116 valence electrons. The van der Waals surface area contributed by atoms with Gasteiger partial charge in [-0.05, 0) is 18.2 Å². The molecular weight excluding hydrogens is 274 g/mol. The number of anilines is 1. The quantitative estimate of drug-likeness (QED) is 0.674. The Morgan fingerprint density at radius 3 is 2.57 bits per heavy atom. The van der Waals surface area contributed by atoms with Crippen LogP contribution in [-0.4, -0.2) is 45.7 Å². The Hall–Kier alpha value is -2.12. The largest absolute Gasteiger partial charge is 0.497 e. The standard InChI is InChI=1S/C14H21N3O4/c1-16-14(19)11-6-9(20-2)4-5-12(11)17-13(18)7-10(8-15)21-3/h4-6,10H,7-8,15H2,1-3H3,(H,16,19)(H,17,18). The van der Waals surface area contributed by atoms with Crippen LogP contribution in [0.4, 0.5) is 5.69 Å². The Morgan fingerprint density at radius 2 is 2.05 bits per heavy atom. The molecule has 0 saturated carbocycles. The molecule has 7 nitrogen and oxygen atoms in total. The highest BCUT2D eigenvalue weighted by Gasteiger charge is 2.16. The molecular formula is C14H21N3O4. The molecule has 0 radical (unpaired) electrons. The maximum absolute atomic E-state index is 11.9. The molecule has 21 heavy (non-hydrogen) atoms. The van der Waals surface area contributed by atoms with Gasteiger partial charge < -0.3 is 25.8 Å². The van der Waals surface area contributed by atoms with Crippen LogP contribution in [0, 0.1) is 0 Å². The normalized spacial score (nSPS) is 11.6. The van der Waals surface area contributed by atoms with E-state index >= 15 is 0 Å². The van der Waals surface area contributed by atoms with Gasteiger partial charge in [-0.25, -0.2) is 0 Å². The van der Waals surface area contributed by atoms with E-state index in [0.29, 0.717) is 17.0 Å². The predicted octanol–water partition coefficient (Wildman–Crippen LogP) is 0.357. The number of nitrogens with one attached hydrogen (secondary N) is 2. The highest BCUT2D eigenvalue weighted by molar-refractivity contribution is 6.04. The molecule has 0 aromatic heterocycles. The summed E-state index contributed by atoms with van der Waals surface area (Å²) in [6, 6.07) is 4.84. The van der Waals surface area contributed by atoms with Gasteiger partial charge in [0, 0.05) is 20.7 Å². The van der Waals surface area contributed by atoms with Crippen molar-refractivity contribution in [2.24, 2.45) is 5.73 Å². The van der Waals surface area contributed by atoms with Crippen molar-refractivity contribution in [3.05, 3.63) is 23.8 Å². The highest BCUT2D eigenvalue weighted by atomic mass is 16.5. The van der Waals surface area contributed by atoms with Gasteiger partial charge in [-0.15, -0.1) is 0 Å². The summed E-state index contributed by atoms with van der Waals surface area (Å²) in [5, 5.41) is 5.20. The van der Waals surface area contributed by atoms with Crippen molar-refractivity contribution in [1.82, 2.24) is 5.32 Å². The number of benzene rings is 1. The van der Waals surface area contributed by atoms with Crippen molar-refractivity contribution in [2.45, 2.75) is 12.5 Å². The van der Waals surface area contributed by atoms with Crippen LogP contribution in [0.3, 0.4) is 0 Å². The lowest BCUT2D eigenvalue weighted by molar-refractivity contribution is -0.118. The van der Waals surface area contributed by atoms with Crippen LogP contribution in [0.1, 0.15) is 16.8 Å². The molecule has 0 bridgehead atoms. The third-order valence-corrected chi connectivity index (χ3v) is 2.98. The molecule has 0 spiro atoms. The van der Waals surface area contributed by atoms with Crippen molar-refractivity contribution >= 4 is 17.5 Å². The number of ether oxygens (including phenoxy) is 2. The van der Waals surface area contributed by atoms with Crippen LogP contribution in [0.15, 0.2) is 18.2 Å². The third kappa shape index (κ3) is 4.73. The molecule has 1 aromatic rings. The first-order valence-electron chi connectivity index (χ1n) is 6.48. The van der Waals surface area contributed by atoms with Gasteiger partial charge in [-0.1, -0.05) is 0 Å². The predicted molar refractivity (Wildman–Crippen MR) is 79.5 cm³/mol. The highest BCUT2D eigenvalue weighted by Crippen LogP contribution is 2.22. The summed E-state index contributed by atoms with van der Waals surface area (Å²) in [5.74, 6) is -0.0581. The summed E-state index contributed by atoms with van der Waals surface area (Å²) in [4.78, 5) is 23.8. The number of hydrogen-bond acceptors (Lipinski definition) is 5. The van der Waals surface area contributed by atoms with Crippen LogP contribution >= 0.6 is 0 Å². The number of carbonyl (C=O) groups is 2. The molecule has 0 aliphatic rings. The number of carbonyl (C=O) groups excluding carboxylic acids is 2. The van der Waals surface area contributed by atoms with Gasteiger partial charge in [0.2, 0.25) is 5.91 Å². The Bertz CT molecular complexity index is 501. The van der Waals surface area contributed by atoms with E-state index in [0.717, 1.165) is 0 Å². The molecule has 0 aliphatic carbocycles. The van der Waals surface area contributed by atoms with Gasteiger partial charge in [0.15, 0.2) is 0 Å². The van der Waals surface area contributed by atoms with Crippen LogP contribution in [-0.2, 0) is 9.53 Å². The molecule has 0 aliphatic heterocycles. The minimum Gasteiger partial charge on any atom is -0.497 e. The molecule has 1 unspecified atom stereocenters. The lowest BCUT2D eigenvalue weighted by Gasteiger charge is -2.15. The average Bonchev–Trinajstić information content (AvgIpc) is 2.52. The van der Waals surface area contributed by atoms with Crippen molar-refractivity contribution in [1.29, 1.82) is 0 Å². The van der Waals surface area contributed by atoms with Gasteiger partial charge in [-0.3, -0.25) is 9.59 Å². The summed E-state index contributed by atoms with van der Waals surface area (Å²) in [7, 11) is 4.52. The van der Waals surface area contributed by atoms with Crippen LogP contribution in [0.5, 0.6) is 5.75 Å². The second-order valence-corrected chi connectivity index (χ2v) is 4.34. The van der Waals surface area contributed by atoms with Gasteiger partial charge >= 0.3 is 0 Å². The van der Waals surface area contributed by atoms with E-state index in [-0.39, 0.29) is 30.9 Å². The van der Waals surface area contributed by atoms with Crippen LogP contribution in [0.25, 0.3) is 0 Å². The number of hydrogen-bond donors (Lipinski definition) is 3. The Morgan fingerprint density at radius 1 is 1.33 bits per heavy atom. The molecule has 0 fully saturated rings. The SMILES string of the molecule is CNC(=O)c1cc(OC)ccc1NC(=O)CC(CN)OC. The monoisotopic (exact) mass is 295 g/mol. The molecule has 0 heterocycles. The Labute approximate surface area is 123 Å². The fourth-order valence-corrected chi connectivity index (χ4v) is 1.75. The Kier molecular flexibility index (Phi) is 6.64. The van der Waals surface area contributed by atoms with Crippen LogP contribution < -0.4 is 21.1 Å². The first-order valence-corrected chi connectivity index (χ1v) is 6.48. The summed E-state index contributed by atoms with van der Waals surface area (Å²) in [6.07, 6.45) is -0.238. The lowest BCUT2D eigenvalue weighted by Crippen LogP contribution is -2.29. The van der Waals surface area contributed by atoms with Crippen molar-refractivity contribution in [3.63, 3.8) is 0 Å². The van der Waals surface area contributed by atoms with E-state index in [9.17, 15) is 9.59 Å². The van der Waals surface area contributed by atoms with Gasteiger partial charge in [0.1, 0.15) is 5.75 Å². The minimum atomic E-state index is -0.355. The van der Waals surface area contributed by atoms with E-state index in [1.165, 1.54) is 21.3 Å². The smallest absolute Gasteiger partial charge is 0.253 e. The summed E-state index contributed by atoms with van der Waals surface area (Å²) in [6.45, 7) is 0.245. The maximum atomic E-state index is 11.9. The Balaban J connectivity index is 2.91. The van der Waals surface area contributed by atoms with E-state index in [2.05, 4.69) is 10.6 Å². The molecule has 4 N–H and O–H groups in total. The topological polar surface area (TPSA) is 103 Å². The van der Waals surface area contributed by atoms with Crippen molar-refractivity contribution < 1.29 is 19.1 Å². The number of methoxy groups -OCH3 is 2. The van der Waals surface area contributed by atoms with Crippen molar-refractivity contribution in [3.8, 4) is 5.75 Å². The number of nitrogens with two attached hydrogens (primary N) is 1. The summed E-state index contributed by atoms with van der Waals surface area (Å²) < 4.78 is 10.1. The number of amides is 2. The van der Waals surface area contributed by atoms with Gasteiger partial charge in [0.05, 0.1) is 30.9 Å². The molecule has 1 rings (SSSR count). The van der Waals surface area contributed by atoms with E-state index in [4.69, 9.17) is 15.2 Å². The molecule has 7 heteroatoms. The van der Waals surface area contributed by atoms with Crippen LogP contribution in [0.2, 0.25) is 0 Å². The third-order valence-electron chi connectivity index (χ3n) is 2.98. The maximum Gasteiger partial charge on any atom is 0.253 e. The summed E-state index contributed by atoms with van der Waals surface area (Å²) in [5.41, 5.74) is 6.21. The molecule has 2 amide bonds. The summed E-state index contributed by atoms with van der Waals surface area (Å²) >= 11 is 0. The lowest BCUT2D eigenvalue weighted by atomic mass is 10.1. The first-order chi connectivity index (χ1) is 10.0. The zero-order valence-electron chi connectivity index (χ0n) is 12.4. The van der Waals surface area contributed by atoms with E-state index in [1.807, 2.05) is 0 Å². The van der Waals surface area contributed by atoms with Gasteiger partial charge in [0.25, 0.3) is 5.91 Å². The van der Waals surface area contributed by atoms with E-state index < -0.39 is 0 Å². The number of rotatable bonds is 7. The molecule has 1 atom stereocenters. The van der Waals surface area contributed by atoms with Crippen molar-refractivity contribution in [2.75, 3.05) is 33.1 Å². The zero-order valence-corrected chi connectivity index (χ0v) is 12.4. The molecule has 0 saturated heterocycles. The average molecular weight is 295 g/mol. The van der Waals surface area contributed by atoms with E-state index in [1.54, 1.807) is 18.2 Å².